The number of nitrogens with zero attached hydrogens (tertiary/aromatic N) is 3. The van der Waals surface area contributed by atoms with Gasteiger partial charge in [-0.3, -0.25) is 9.59 Å². The van der Waals surface area contributed by atoms with Crippen molar-refractivity contribution in [2.24, 2.45) is 5.92 Å². The molecule has 2 saturated carbocycles. The van der Waals surface area contributed by atoms with E-state index in [1.165, 1.54) is 0 Å². The number of aliphatic hydroxyl groups is 1. The van der Waals surface area contributed by atoms with Gasteiger partial charge in [-0.15, -0.1) is 11.3 Å². The van der Waals surface area contributed by atoms with Crippen LogP contribution in [0.15, 0.2) is 12.3 Å². The highest BCUT2D eigenvalue weighted by atomic mass is 32.1. The maximum absolute atomic E-state index is 14.4. The zero-order valence-electron chi connectivity index (χ0n) is 22.0. The number of hydrogen-bond donors (Lipinski definition) is 3. The number of amides is 2. The number of thiazole rings is 1. The minimum absolute atomic E-state index is 0.00829. The maximum atomic E-state index is 14.4. The third-order valence-electron chi connectivity index (χ3n) is 8.67. The van der Waals surface area contributed by atoms with Crippen molar-refractivity contribution in [3.63, 3.8) is 0 Å². The van der Waals surface area contributed by atoms with E-state index in [1.807, 2.05) is 0 Å². The van der Waals surface area contributed by atoms with Gasteiger partial charge in [-0.1, -0.05) is 0 Å². The number of carbonyl (C=O) groups is 2. The molecule has 41 heavy (non-hydrogen) atoms. The molecule has 0 radical (unpaired) electrons. The molecule has 14 heteroatoms. The highest BCUT2D eigenvalue weighted by Crippen LogP contribution is 2.44. The lowest BCUT2D eigenvalue weighted by molar-refractivity contribution is -0.146. The van der Waals surface area contributed by atoms with Gasteiger partial charge < -0.3 is 20.6 Å². The lowest BCUT2D eigenvalue weighted by Crippen LogP contribution is -2.40. The summed E-state index contributed by atoms with van der Waals surface area (Å²) in [5.74, 6) is -2.09. The molecule has 3 N–H and O–H groups in total. The first kappa shape index (κ1) is 28.3. The number of aliphatic hydroxyl groups excluding tert-OH is 1. The van der Waals surface area contributed by atoms with Crippen molar-refractivity contribution in [3.8, 4) is 10.4 Å². The van der Waals surface area contributed by atoms with E-state index in [0.717, 1.165) is 55.7 Å². The number of pyridine rings is 1. The van der Waals surface area contributed by atoms with Crippen LogP contribution in [-0.4, -0.2) is 68.2 Å². The van der Waals surface area contributed by atoms with Gasteiger partial charge in [0, 0.05) is 29.4 Å². The second-order valence-electron chi connectivity index (χ2n) is 11.4. The number of carbonyl (C=O) groups excluding carboxylic acids is 2. The smallest absolute Gasteiger partial charge is 0.391 e. The molecule has 2 bridgehead atoms. The zero-order chi connectivity index (χ0) is 29.1. The number of alkyl halides is 5. The van der Waals surface area contributed by atoms with Crippen LogP contribution in [0.25, 0.3) is 10.4 Å². The Morgan fingerprint density at radius 2 is 1.73 bits per heavy atom. The summed E-state index contributed by atoms with van der Waals surface area (Å²) in [6.07, 6.45) is -1.46. The average Bonchev–Trinajstić information content (AvgIpc) is 3.24. The topological polar surface area (TPSA) is 107 Å². The van der Waals surface area contributed by atoms with Gasteiger partial charge in [-0.2, -0.15) is 13.2 Å². The lowest BCUT2D eigenvalue weighted by Gasteiger charge is -2.23. The van der Waals surface area contributed by atoms with Crippen molar-refractivity contribution in [2.75, 3.05) is 5.32 Å². The zero-order valence-corrected chi connectivity index (χ0v) is 22.8. The van der Waals surface area contributed by atoms with E-state index in [4.69, 9.17) is 0 Å². The van der Waals surface area contributed by atoms with Crippen LogP contribution in [0, 0.1) is 5.92 Å². The Morgan fingerprint density at radius 3 is 2.29 bits per heavy atom. The van der Waals surface area contributed by atoms with E-state index in [2.05, 4.69) is 20.6 Å². The molecule has 8 nitrogen and oxygen atoms in total. The Hall–Kier alpha value is -2.87. The molecule has 2 aliphatic heterocycles. The second-order valence-corrected chi connectivity index (χ2v) is 12.4. The van der Waals surface area contributed by atoms with Gasteiger partial charge in [0.25, 0.3) is 18.2 Å². The van der Waals surface area contributed by atoms with Crippen molar-refractivity contribution < 1.29 is 36.6 Å². The van der Waals surface area contributed by atoms with Gasteiger partial charge >= 0.3 is 6.18 Å². The van der Waals surface area contributed by atoms with Crippen LogP contribution in [0.1, 0.15) is 90.1 Å². The van der Waals surface area contributed by atoms with Crippen LogP contribution in [-0.2, 0) is 0 Å². The number of halogens is 5. The van der Waals surface area contributed by atoms with E-state index < -0.39 is 54.1 Å². The van der Waals surface area contributed by atoms with E-state index >= 15 is 0 Å². The predicted octanol–water partition coefficient (Wildman–Crippen LogP) is 5.31. The molecule has 0 spiro atoms. The molecule has 2 aromatic rings. The number of anilines is 1. The molecule has 4 heterocycles. The highest BCUT2D eigenvalue weighted by Gasteiger charge is 2.49. The van der Waals surface area contributed by atoms with Crippen LogP contribution in [0.4, 0.5) is 27.8 Å². The summed E-state index contributed by atoms with van der Waals surface area (Å²) < 4.78 is 69.5. The standard InChI is InChI=1S/C27H30F5N5O3S/c28-23(29)15-10-19(35-22(12-4-5-12)27(30,31)32)33-11-16(15)21-20(26(40)37-13-6-7-14(37)9-8-13)36-25(41-21)24(39)34-17-2-1-3-18(17)38/h10-14,17-18,22-23,38H,1-9H2,(H,33,35)(H,34,39)/t13?,14?,17-,18-,22?/m0/s1. The SMILES string of the molecule is O=C(N[C@H]1CCC[C@@H]1O)c1nc(C(=O)N2C3CCC2CC3)c(-c2cnc(NC(C3CC3)C(F)(F)F)cc2C(F)F)s1. The first-order valence-corrected chi connectivity index (χ1v) is 14.8. The van der Waals surface area contributed by atoms with Crippen LogP contribution < -0.4 is 10.6 Å². The summed E-state index contributed by atoms with van der Waals surface area (Å²) in [6.45, 7) is 0. The largest absolute Gasteiger partial charge is 0.408 e. The maximum Gasteiger partial charge on any atom is 0.408 e. The molecule has 4 fully saturated rings. The number of aromatic nitrogens is 2. The van der Waals surface area contributed by atoms with Gasteiger partial charge in [0.15, 0.2) is 5.01 Å². The lowest BCUT2D eigenvalue weighted by atomic mass is 10.0. The van der Waals surface area contributed by atoms with Crippen LogP contribution >= 0.6 is 11.3 Å². The fraction of sp³-hybridized carbons (Fsp3) is 0.630. The van der Waals surface area contributed by atoms with Crippen molar-refractivity contribution in [1.82, 2.24) is 20.2 Å². The van der Waals surface area contributed by atoms with E-state index in [0.29, 0.717) is 25.7 Å². The molecule has 1 unspecified atom stereocenters. The van der Waals surface area contributed by atoms with Gasteiger partial charge in [0.1, 0.15) is 17.6 Å². The first-order valence-electron chi connectivity index (χ1n) is 14.0. The van der Waals surface area contributed by atoms with Gasteiger partial charge in [-0.05, 0) is 69.8 Å². The number of hydrogen-bond acceptors (Lipinski definition) is 7. The number of nitrogens with one attached hydrogen (secondary N) is 2. The fourth-order valence-corrected chi connectivity index (χ4v) is 7.42. The average molecular weight is 600 g/mol. The molecule has 4 aliphatic rings. The van der Waals surface area contributed by atoms with Crippen LogP contribution in [0.5, 0.6) is 0 Å². The van der Waals surface area contributed by atoms with Crippen molar-refractivity contribution in [3.05, 3.63) is 28.5 Å². The first-order chi connectivity index (χ1) is 19.5. The molecule has 0 aromatic carbocycles. The Kier molecular flexibility index (Phi) is 7.41. The quantitative estimate of drug-likeness (QED) is 0.356. The second kappa shape index (κ2) is 10.8. The van der Waals surface area contributed by atoms with Crippen molar-refractivity contribution >= 4 is 29.0 Å². The molecular formula is C27H30F5N5O3S. The minimum Gasteiger partial charge on any atom is -0.391 e. The third-order valence-corrected chi connectivity index (χ3v) is 9.76. The monoisotopic (exact) mass is 599 g/mol. The molecular weight excluding hydrogens is 569 g/mol. The van der Waals surface area contributed by atoms with Gasteiger partial charge in [-0.25, -0.2) is 18.7 Å². The van der Waals surface area contributed by atoms with E-state index in [1.54, 1.807) is 4.90 Å². The van der Waals surface area contributed by atoms with E-state index in [-0.39, 0.29) is 39.0 Å². The summed E-state index contributed by atoms with van der Waals surface area (Å²) in [5.41, 5.74) is -0.922. The molecule has 222 valence electrons. The molecule has 6 rings (SSSR count). The Labute approximate surface area is 236 Å². The summed E-state index contributed by atoms with van der Waals surface area (Å²) in [5, 5.41) is 15.0. The number of fused-ring (bicyclic) bond motifs is 2. The minimum atomic E-state index is -4.58. The molecule has 2 saturated heterocycles. The Morgan fingerprint density at radius 1 is 1.05 bits per heavy atom. The highest BCUT2D eigenvalue weighted by molar-refractivity contribution is 7.17. The molecule has 2 aliphatic carbocycles. The van der Waals surface area contributed by atoms with Gasteiger partial charge in [0.05, 0.1) is 17.0 Å². The van der Waals surface area contributed by atoms with E-state index in [9.17, 15) is 36.6 Å². The number of rotatable bonds is 8. The third kappa shape index (κ3) is 5.52. The molecule has 3 atom stereocenters. The Balaban J connectivity index is 1.37. The summed E-state index contributed by atoms with van der Waals surface area (Å²) in [4.78, 5) is 37.0. The molecule has 2 amide bonds. The van der Waals surface area contributed by atoms with Crippen molar-refractivity contribution in [1.29, 1.82) is 0 Å². The predicted molar refractivity (Wildman–Crippen MR) is 140 cm³/mol. The normalized spacial score (nSPS) is 26.6. The molecule has 2 aromatic heterocycles. The fourth-order valence-electron chi connectivity index (χ4n) is 6.43. The summed E-state index contributed by atoms with van der Waals surface area (Å²) in [6, 6.07) is -1.50. The van der Waals surface area contributed by atoms with Crippen LogP contribution in [0.2, 0.25) is 0 Å². The van der Waals surface area contributed by atoms with Crippen LogP contribution in [0.3, 0.4) is 0 Å². The summed E-state index contributed by atoms with van der Waals surface area (Å²) >= 11 is 0.760. The summed E-state index contributed by atoms with van der Waals surface area (Å²) in [7, 11) is 0. The van der Waals surface area contributed by atoms with Gasteiger partial charge in [0.2, 0.25) is 0 Å². The van der Waals surface area contributed by atoms with Crippen molar-refractivity contribution in [2.45, 2.75) is 101 Å². The Bertz CT molecular complexity index is 1310.